The van der Waals surface area contributed by atoms with Gasteiger partial charge in [0.05, 0.1) is 13.7 Å². The number of fused-ring (bicyclic) bond motifs is 2. The van der Waals surface area contributed by atoms with E-state index >= 15 is 0 Å². The summed E-state index contributed by atoms with van der Waals surface area (Å²) in [6.45, 7) is 2.36. The van der Waals surface area contributed by atoms with Crippen LogP contribution in [0.5, 0.6) is 0 Å². The second-order valence-electron chi connectivity index (χ2n) is 4.70. The number of rotatable bonds is 3. The molecule has 3 atom stereocenters. The summed E-state index contributed by atoms with van der Waals surface area (Å²) in [6, 6.07) is 0. The molecule has 0 heterocycles. The van der Waals surface area contributed by atoms with Gasteiger partial charge >= 0.3 is 0 Å². The van der Waals surface area contributed by atoms with Crippen LogP contribution >= 0.6 is 0 Å². The van der Waals surface area contributed by atoms with Gasteiger partial charge in [-0.1, -0.05) is 6.42 Å². The Morgan fingerprint density at radius 3 is 2.64 bits per heavy atom. The Morgan fingerprint density at radius 1 is 1.43 bits per heavy atom. The van der Waals surface area contributed by atoms with Crippen LogP contribution in [0.3, 0.4) is 0 Å². The van der Waals surface area contributed by atoms with Gasteiger partial charge in [0, 0.05) is 6.92 Å². The Morgan fingerprint density at radius 2 is 2.21 bits per heavy atom. The molecule has 80 valence electrons. The van der Waals surface area contributed by atoms with E-state index in [1.54, 1.807) is 14.0 Å². The van der Waals surface area contributed by atoms with Crippen molar-refractivity contribution in [2.45, 2.75) is 32.6 Å². The molecule has 2 bridgehead atoms. The fraction of sp³-hybridized carbons (Fsp3) is 0.909. The van der Waals surface area contributed by atoms with Crippen LogP contribution in [0, 0.1) is 17.8 Å². The number of carbonyl (C=O) groups excluding carboxylic acids is 1. The smallest absolute Gasteiger partial charge is 0.242 e. The number of hydrogen-bond acceptors (Lipinski definition) is 2. The summed E-state index contributed by atoms with van der Waals surface area (Å²) in [5.41, 5.74) is 0. The van der Waals surface area contributed by atoms with Crippen molar-refractivity contribution in [1.29, 1.82) is 0 Å². The Hall–Kier alpha value is -0.570. The van der Waals surface area contributed by atoms with Crippen molar-refractivity contribution in [3.05, 3.63) is 0 Å². The van der Waals surface area contributed by atoms with Crippen LogP contribution < -0.4 is 0 Å². The van der Waals surface area contributed by atoms with E-state index in [2.05, 4.69) is 0 Å². The Balaban J connectivity index is 1.88. The summed E-state index contributed by atoms with van der Waals surface area (Å²) in [6.07, 6.45) is 5.47. The highest BCUT2D eigenvalue weighted by Gasteiger charge is 2.40. The topological polar surface area (TPSA) is 29.5 Å². The van der Waals surface area contributed by atoms with Crippen LogP contribution in [-0.4, -0.2) is 24.6 Å². The molecule has 0 aromatic rings. The molecule has 0 aromatic heterocycles. The minimum Gasteiger partial charge on any atom is -0.274 e. The third kappa shape index (κ3) is 1.78. The van der Waals surface area contributed by atoms with Crippen LogP contribution in [-0.2, 0) is 9.63 Å². The van der Waals surface area contributed by atoms with Crippen molar-refractivity contribution in [3.63, 3.8) is 0 Å². The van der Waals surface area contributed by atoms with E-state index in [1.165, 1.54) is 30.7 Å². The van der Waals surface area contributed by atoms with E-state index in [0.717, 1.165) is 18.4 Å². The Kier molecular flexibility index (Phi) is 2.77. The standard InChI is InChI=1S/C11H19NO2/c1-8(13)12(14-2)7-11-6-9-3-4-10(11)5-9/h9-11H,3-7H2,1-2H3. The molecule has 2 fully saturated rings. The van der Waals surface area contributed by atoms with Crippen LogP contribution in [0.2, 0.25) is 0 Å². The highest BCUT2D eigenvalue weighted by Crippen LogP contribution is 2.48. The third-order valence-electron chi connectivity index (χ3n) is 3.86. The number of hydrogen-bond donors (Lipinski definition) is 0. The highest BCUT2D eigenvalue weighted by molar-refractivity contribution is 5.71. The van der Waals surface area contributed by atoms with E-state index in [-0.39, 0.29) is 5.91 Å². The first-order valence-electron chi connectivity index (χ1n) is 5.53. The van der Waals surface area contributed by atoms with Gasteiger partial charge in [-0.05, 0) is 37.0 Å². The van der Waals surface area contributed by atoms with E-state index in [0.29, 0.717) is 5.92 Å². The monoisotopic (exact) mass is 197 g/mol. The minimum atomic E-state index is 0.0234. The lowest BCUT2D eigenvalue weighted by Crippen LogP contribution is -2.34. The molecule has 0 spiro atoms. The van der Waals surface area contributed by atoms with Gasteiger partial charge in [0.1, 0.15) is 0 Å². The van der Waals surface area contributed by atoms with Gasteiger partial charge in [0.25, 0.3) is 0 Å². The first-order valence-corrected chi connectivity index (χ1v) is 5.53. The van der Waals surface area contributed by atoms with Crippen LogP contribution in [0.25, 0.3) is 0 Å². The highest BCUT2D eigenvalue weighted by atomic mass is 16.7. The van der Waals surface area contributed by atoms with Crippen molar-refractivity contribution < 1.29 is 9.63 Å². The van der Waals surface area contributed by atoms with Gasteiger partial charge in [-0.15, -0.1) is 0 Å². The molecule has 0 aromatic carbocycles. The molecular weight excluding hydrogens is 178 g/mol. The van der Waals surface area contributed by atoms with Gasteiger partial charge in [0.2, 0.25) is 5.91 Å². The largest absolute Gasteiger partial charge is 0.274 e. The molecule has 3 nitrogen and oxygen atoms in total. The molecule has 0 saturated heterocycles. The average molecular weight is 197 g/mol. The zero-order chi connectivity index (χ0) is 10.1. The number of nitrogens with zero attached hydrogens (tertiary/aromatic N) is 1. The molecular formula is C11H19NO2. The predicted octanol–water partition coefficient (Wildman–Crippen LogP) is 1.83. The van der Waals surface area contributed by atoms with Gasteiger partial charge in [-0.25, -0.2) is 5.06 Å². The molecule has 2 saturated carbocycles. The summed E-state index contributed by atoms with van der Waals surface area (Å²) in [5, 5.41) is 1.51. The second-order valence-corrected chi connectivity index (χ2v) is 4.70. The Bertz CT molecular complexity index is 229. The number of carbonyl (C=O) groups is 1. The van der Waals surface area contributed by atoms with Crippen molar-refractivity contribution in [2.24, 2.45) is 17.8 Å². The average Bonchev–Trinajstić information content (AvgIpc) is 2.74. The van der Waals surface area contributed by atoms with Crippen LogP contribution in [0.15, 0.2) is 0 Å². The summed E-state index contributed by atoms with van der Waals surface area (Å²) < 4.78 is 0. The lowest BCUT2D eigenvalue weighted by molar-refractivity contribution is -0.177. The summed E-state index contributed by atoms with van der Waals surface area (Å²) in [7, 11) is 1.58. The summed E-state index contributed by atoms with van der Waals surface area (Å²) in [5.74, 6) is 2.51. The molecule has 0 radical (unpaired) electrons. The van der Waals surface area contributed by atoms with Gasteiger partial charge in [0.15, 0.2) is 0 Å². The quantitative estimate of drug-likeness (QED) is 0.646. The maximum atomic E-state index is 11.2. The fourth-order valence-corrected chi connectivity index (χ4v) is 3.14. The molecule has 2 aliphatic rings. The van der Waals surface area contributed by atoms with Gasteiger partial charge < -0.3 is 0 Å². The first kappa shape index (κ1) is 9.97. The maximum Gasteiger partial charge on any atom is 0.242 e. The Labute approximate surface area is 85.4 Å². The normalized spacial score (nSPS) is 34.9. The van der Waals surface area contributed by atoms with Crippen molar-refractivity contribution in [3.8, 4) is 0 Å². The van der Waals surface area contributed by atoms with Crippen molar-refractivity contribution in [1.82, 2.24) is 5.06 Å². The molecule has 3 unspecified atom stereocenters. The van der Waals surface area contributed by atoms with E-state index < -0.39 is 0 Å². The molecule has 0 N–H and O–H groups in total. The second kappa shape index (κ2) is 3.89. The summed E-state index contributed by atoms with van der Waals surface area (Å²) in [4.78, 5) is 16.2. The maximum absolute atomic E-state index is 11.2. The van der Waals surface area contributed by atoms with Crippen molar-refractivity contribution >= 4 is 5.91 Å². The summed E-state index contributed by atoms with van der Waals surface area (Å²) >= 11 is 0. The molecule has 1 amide bonds. The van der Waals surface area contributed by atoms with Crippen molar-refractivity contribution in [2.75, 3.05) is 13.7 Å². The minimum absolute atomic E-state index is 0.0234. The lowest BCUT2D eigenvalue weighted by Gasteiger charge is -2.27. The van der Waals surface area contributed by atoms with E-state index in [1.807, 2.05) is 0 Å². The molecule has 0 aliphatic heterocycles. The predicted molar refractivity (Wildman–Crippen MR) is 53.3 cm³/mol. The molecule has 3 heteroatoms. The SMILES string of the molecule is CON(CC1CC2CCC1C2)C(C)=O. The molecule has 2 aliphatic carbocycles. The lowest BCUT2D eigenvalue weighted by atomic mass is 9.89. The zero-order valence-corrected chi connectivity index (χ0v) is 9.03. The number of hydroxylamine groups is 2. The van der Waals surface area contributed by atoms with E-state index in [9.17, 15) is 4.79 Å². The number of amides is 1. The van der Waals surface area contributed by atoms with Gasteiger partial charge in [-0.2, -0.15) is 0 Å². The van der Waals surface area contributed by atoms with E-state index in [4.69, 9.17) is 4.84 Å². The first-order chi connectivity index (χ1) is 6.70. The fourth-order valence-electron chi connectivity index (χ4n) is 3.14. The zero-order valence-electron chi connectivity index (χ0n) is 9.03. The van der Waals surface area contributed by atoms with Gasteiger partial charge in [-0.3, -0.25) is 9.63 Å². The van der Waals surface area contributed by atoms with Crippen LogP contribution in [0.4, 0.5) is 0 Å². The molecule has 2 rings (SSSR count). The van der Waals surface area contributed by atoms with Crippen LogP contribution in [0.1, 0.15) is 32.6 Å². The third-order valence-corrected chi connectivity index (χ3v) is 3.86. The molecule has 14 heavy (non-hydrogen) atoms.